The molecule has 1 atom stereocenters. The fraction of sp³-hybridized carbons (Fsp3) is 0.600. The summed E-state index contributed by atoms with van der Waals surface area (Å²) in [5, 5.41) is 10.8. The van der Waals surface area contributed by atoms with Gasteiger partial charge >= 0.3 is 0 Å². The molecule has 0 heterocycles. The van der Waals surface area contributed by atoms with Crippen molar-refractivity contribution in [1.29, 1.82) is 0 Å². The fourth-order valence-corrected chi connectivity index (χ4v) is 4.17. The van der Waals surface area contributed by atoms with Crippen molar-refractivity contribution in [2.45, 2.75) is 43.8 Å². The van der Waals surface area contributed by atoms with Gasteiger partial charge in [0.2, 0.25) is 11.4 Å². The molecule has 0 fully saturated rings. The normalized spacial score (nSPS) is 15.9. The Morgan fingerprint density at radius 2 is 0.903 bits per heavy atom. The molecule has 0 aliphatic heterocycles. The SMILES string of the molecule is CCC(O)c1c(C(Cl)(Cl)C(Cl)(Cl)Cl)cc(C(Cl)(Cl)C(Cl)(Cl)Cl)cc1C(Cl)(Cl)C(Cl)(Cl)Cl. The molecule has 0 radical (unpaired) electrons. The first-order chi connectivity index (χ1) is 13.4. The van der Waals surface area contributed by atoms with Crippen molar-refractivity contribution in [2.24, 2.45) is 0 Å². The number of alkyl halides is 15. The molecule has 1 N–H and O–H groups in total. The van der Waals surface area contributed by atoms with Crippen LogP contribution in [0.2, 0.25) is 0 Å². The molecule has 16 heteroatoms. The van der Waals surface area contributed by atoms with E-state index < -0.39 is 30.5 Å². The lowest BCUT2D eigenvalue weighted by molar-refractivity contribution is 0.171. The number of halogens is 15. The van der Waals surface area contributed by atoms with Gasteiger partial charge in [-0.3, -0.25) is 0 Å². The van der Waals surface area contributed by atoms with E-state index in [2.05, 4.69) is 0 Å². The van der Waals surface area contributed by atoms with Crippen LogP contribution in [-0.2, 0) is 13.0 Å². The van der Waals surface area contributed by atoms with E-state index in [1.807, 2.05) is 0 Å². The zero-order chi connectivity index (χ0) is 25.0. The summed E-state index contributed by atoms with van der Waals surface area (Å²) in [6, 6.07) is 2.31. The highest BCUT2D eigenvalue weighted by molar-refractivity contribution is 6.77. The maximum atomic E-state index is 10.8. The highest BCUT2D eigenvalue weighted by atomic mass is 35.6. The van der Waals surface area contributed by atoms with Gasteiger partial charge in [0.15, 0.2) is 13.0 Å². The molecule has 0 bridgehead atoms. The van der Waals surface area contributed by atoms with E-state index in [4.69, 9.17) is 174 Å². The summed E-state index contributed by atoms with van der Waals surface area (Å²) in [5.74, 6) is 0. The van der Waals surface area contributed by atoms with Crippen molar-refractivity contribution in [3.05, 3.63) is 34.4 Å². The van der Waals surface area contributed by atoms with Gasteiger partial charge in [-0.15, -0.1) is 0 Å². The zero-order valence-corrected chi connectivity index (χ0v) is 25.9. The zero-order valence-electron chi connectivity index (χ0n) is 14.6. The summed E-state index contributed by atoms with van der Waals surface area (Å²) < 4.78 is -14.0. The third kappa shape index (κ3) is 6.70. The van der Waals surface area contributed by atoms with Crippen LogP contribution in [0.5, 0.6) is 0 Å². The topological polar surface area (TPSA) is 20.2 Å². The van der Waals surface area contributed by atoms with Gasteiger partial charge in [0.05, 0.1) is 6.10 Å². The quantitative estimate of drug-likeness (QED) is 0.299. The number of aliphatic hydroxyl groups excluding tert-OH is 1. The molecule has 0 saturated carbocycles. The minimum absolute atomic E-state index is 0.0874. The molecule has 0 amide bonds. The molecule has 0 spiro atoms. The second-order valence-corrected chi connectivity index (χ2v) is 17.0. The third-order valence-corrected chi connectivity index (χ3v) is 11.3. The van der Waals surface area contributed by atoms with Crippen LogP contribution < -0.4 is 0 Å². The van der Waals surface area contributed by atoms with Crippen LogP contribution in [0.3, 0.4) is 0 Å². The first-order valence-electron chi connectivity index (χ1n) is 7.65. The minimum atomic E-state index is -2.36. The summed E-state index contributed by atoms with van der Waals surface area (Å²) in [6.45, 7) is 1.61. The first-order valence-corrected chi connectivity index (χ1v) is 13.3. The van der Waals surface area contributed by atoms with E-state index >= 15 is 0 Å². The van der Waals surface area contributed by atoms with Crippen molar-refractivity contribution in [3.8, 4) is 0 Å². The third-order valence-electron chi connectivity index (χ3n) is 4.01. The standard InChI is InChI=1S/C15H9Cl15O/c1-2-8(31)9-6(11(18,19)14(25,26)27)3-5(10(16,17)13(22,23)24)4-7(9)12(20,21)15(28,29)30/h3-4,8,31H,2H2,1H3. The molecule has 1 unspecified atom stereocenters. The van der Waals surface area contributed by atoms with E-state index in [1.165, 1.54) is 0 Å². The average Bonchev–Trinajstić information content (AvgIpc) is 2.56. The van der Waals surface area contributed by atoms with Crippen LogP contribution in [0.15, 0.2) is 12.1 Å². The van der Waals surface area contributed by atoms with Gasteiger partial charge in [-0.05, 0) is 40.8 Å². The Hall–Kier alpha value is 3.53. The molecule has 1 rings (SSSR count). The van der Waals surface area contributed by atoms with E-state index in [0.717, 1.165) is 12.1 Å². The summed E-state index contributed by atoms with van der Waals surface area (Å²) in [7, 11) is 0. The molecule has 0 aliphatic rings. The Bertz CT molecular complexity index is 753. The van der Waals surface area contributed by atoms with Gasteiger partial charge in [0, 0.05) is 0 Å². The van der Waals surface area contributed by atoms with Crippen molar-refractivity contribution in [1.82, 2.24) is 0 Å². The molecular weight excluding hydrogens is 728 g/mol. The Morgan fingerprint density at radius 3 is 1.13 bits per heavy atom. The maximum Gasteiger partial charge on any atom is 0.227 e. The Kier molecular flexibility index (Phi) is 11.3. The summed E-state index contributed by atoms with van der Waals surface area (Å²) in [6.07, 6.45) is -1.25. The second kappa shape index (κ2) is 10.7. The molecule has 0 aromatic heterocycles. The predicted molar refractivity (Wildman–Crippen MR) is 143 cm³/mol. The fourth-order valence-electron chi connectivity index (χ4n) is 2.39. The summed E-state index contributed by atoms with van der Waals surface area (Å²) in [5.41, 5.74) is -0.768. The highest BCUT2D eigenvalue weighted by Crippen LogP contribution is 2.61. The summed E-state index contributed by atoms with van der Waals surface area (Å²) >= 11 is 92.0. The predicted octanol–water partition coefficient (Wildman–Crippen LogP) is 11.1. The number of hydrogen-bond donors (Lipinski definition) is 1. The number of rotatable bonds is 5. The lowest BCUT2D eigenvalue weighted by atomic mass is 9.88. The molecule has 0 aliphatic carbocycles. The first kappa shape index (κ1) is 32.6. The van der Waals surface area contributed by atoms with Crippen LogP contribution in [0, 0.1) is 0 Å². The Labute approximate surface area is 254 Å². The molecule has 31 heavy (non-hydrogen) atoms. The van der Waals surface area contributed by atoms with Gasteiger partial charge in [-0.25, -0.2) is 0 Å². The van der Waals surface area contributed by atoms with Crippen LogP contribution in [-0.4, -0.2) is 16.5 Å². The number of hydrogen-bond acceptors (Lipinski definition) is 1. The van der Waals surface area contributed by atoms with Gasteiger partial charge < -0.3 is 5.11 Å². The lowest BCUT2D eigenvalue weighted by Crippen LogP contribution is -2.36. The summed E-state index contributed by atoms with van der Waals surface area (Å²) in [4.78, 5) is 0. The van der Waals surface area contributed by atoms with Crippen LogP contribution >= 0.6 is 174 Å². The molecule has 1 aromatic rings. The van der Waals surface area contributed by atoms with Gasteiger partial charge in [0.25, 0.3) is 0 Å². The van der Waals surface area contributed by atoms with Gasteiger partial charge in [-0.1, -0.05) is 181 Å². The van der Waals surface area contributed by atoms with Gasteiger partial charge in [-0.2, -0.15) is 0 Å². The largest absolute Gasteiger partial charge is 0.388 e. The van der Waals surface area contributed by atoms with Crippen LogP contribution in [0.4, 0.5) is 0 Å². The minimum Gasteiger partial charge on any atom is -0.388 e. The monoisotopic (exact) mass is 730 g/mol. The van der Waals surface area contributed by atoms with Crippen molar-refractivity contribution in [2.75, 3.05) is 0 Å². The Morgan fingerprint density at radius 1 is 0.613 bits per heavy atom. The number of benzene rings is 1. The lowest BCUT2D eigenvalue weighted by Gasteiger charge is -2.38. The molecule has 180 valence electrons. The van der Waals surface area contributed by atoms with Gasteiger partial charge in [0.1, 0.15) is 0 Å². The second-order valence-electron chi connectivity index (χ2n) is 6.13. The Balaban J connectivity index is 4.31. The molecular formula is C15H9Cl15O. The maximum absolute atomic E-state index is 10.8. The molecule has 0 saturated heterocycles. The van der Waals surface area contributed by atoms with E-state index in [9.17, 15) is 5.11 Å². The highest BCUT2D eigenvalue weighted by Gasteiger charge is 2.56. The van der Waals surface area contributed by atoms with E-state index in [-0.39, 0.29) is 28.7 Å². The van der Waals surface area contributed by atoms with Crippen molar-refractivity contribution < 1.29 is 5.11 Å². The van der Waals surface area contributed by atoms with Crippen molar-refractivity contribution in [3.63, 3.8) is 0 Å². The van der Waals surface area contributed by atoms with Crippen LogP contribution in [0.25, 0.3) is 0 Å². The van der Waals surface area contributed by atoms with E-state index in [1.54, 1.807) is 6.92 Å². The van der Waals surface area contributed by atoms with E-state index in [0.29, 0.717) is 0 Å². The molecule has 1 nitrogen and oxygen atoms in total. The average molecular weight is 737 g/mol. The van der Waals surface area contributed by atoms with Crippen LogP contribution in [0.1, 0.15) is 41.7 Å². The van der Waals surface area contributed by atoms with Crippen molar-refractivity contribution >= 4 is 174 Å². The smallest absolute Gasteiger partial charge is 0.227 e. The molecule has 1 aromatic carbocycles. The number of aliphatic hydroxyl groups is 1.